The lowest BCUT2D eigenvalue weighted by molar-refractivity contribution is -0.387. The van der Waals surface area contributed by atoms with E-state index in [4.69, 9.17) is 4.18 Å². The van der Waals surface area contributed by atoms with Crippen molar-refractivity contribution in [3.05, 3.63) is 57.6 Å². The van der Waals surface area contributed by atoms with E-state index in [0.717, 1.165) is 41.6 Å². The maximum absolute atomic E-state index is 12.5. The zero-order chi connectivity index (χ0) is 21.5. The number of carbonyl (C=O) groups excluding carboxylic acids is 1. The van der Waals surface area contributed by atoms with Gasteiger partial charge in [-0.2, -0.15) is 8.42 Å². The van der Waals surface area contributed by atoms with Crippen molar-refractivity contribution in [1.82, 2.24) is 4.98 Å². The van der Waals surface area contributed by atoms with Gasteiger partial charge >= 0.3 is 10.1 Å². The molecule has 3 aromatic rings. The highest BCUT2D eigenvalue weighted by atomic mass is 32.2. The fourth-order valence-corrected chi connectivity index (χ4v) is 5.49. The third kappa shape index (κ3) is 3.91. The predicted molar refractivity (Wildman–Crippen MR) is 111 cm³/mol. The fourth-order valence-electron chi connectivity index (χ4n) is 3.36. The van der Waals surface area contributed by atoms with E-state index in [1.54, 1.807) is 0 Å². The lowest BCUT2D eigenvalue weighted by atomic mass is 10.1. The van der Waals surface area contributed by atoms with E-state index >= 15 is 0 Å². The average Bonchev–Trinajstić information content (AvgIpc) is 3.30. The highest BCUT2D eigenvalue weighted by Gasteiger charge is 2.30. The van der Waals surface area contributed by atoms with Crippen LogP contribution in [0.5, 0.6) is 0 Å². The molecule has 1 aromatic heterocycles. The minimum absolute atomic E-state index is 0.331. The number of nitro groups is 1. The number of para-hydroxylation sites is 1. The Morgan fingerprint density at radius 2 is 1.97 bits per heavy atom. The monoisotopic (exact) mass is 447 g/mol. The maximum atomic E-state index is 12.5. The molecule has 1 atom stereocenters. The van der Waals surface area contributed by atoms with Crippen LogP contribution in [-0.2, 0) is 31.9 Å². The zero-order valence-corrected chi connectivity index (χ0v) is 17.5. The van der Waals surface area contributed by atoms with Gasteiger partial charge in [0.2, 0.25) is 0 Å². The summed E-state index contributed by atoms with van der Waals surface area (Å²) in [6.45, 7) is 1.25. The smallest absolute Gasteiger partial charge is 0.300 e. The summed E-state index contributed by atoms with van der Waals surface area (Å²) >= 11 is 1.29. The second-order valence-electron chi connectivity index (χ2n) is 6.87. The molecule has 1 amide bonds. The summed E-state index contributed by atoms with van der Waals surface area (Å²) in [4.78, 5) is 26.5. The number of aryl methyl sites for hydroxylation is 2. The van der Waals surface area contributed by atoms with Crippen molar-refractivity contribution in [2.45, 2.75) is 37.2 Å². The minimum Gasteiger partial charge on any atom is -0.300 e. The molecule has 4 rings (SSSR count). The maximum Gasteiger partial charge on any atom is 0.304 e. The normalized spacial score (nSPS) is 14.4. The first kappa shape index (κ1) is 20.4. The van der Waals surface area contributed by atoms with Crippen LogP contribution in [-0.4, -0.2) is 30.3 Å². The molecule has 0 unspecified atom stereocenters. The molecule has 30 heavy (non-hydrogen) atoms. The van der Waals surface area contributed by atoms with Gasteiger partial charge in [0.05, 0.1) is 15.1 Å². The summed E-state index contributed by atoms with van der Waals surface area (Å²) in [7, 11) is -4.52. The molecule has 0 spiro atoms. The second-order valence-corrected chi connectivity index (χ2v) is 9.44. The van der Waals surface area contributed by atoms with Gasteiger partial charge in [-0.15, -0.1) is 0 Å². The number of amides is 1. The van der Waals surface area contributed by atoms with Crippen molar-refractivity contribution < 1.29 is 22.3 Å². The van der Waals surface area contributed by atoms with Crippen molar-refractivity contribution in [2.75, 3.05) is 5.32 Å². The summed E-state index contributed by atoms with van der Waals surface area (Å²) in [5, 5.41) is 14.0. The van der Waals surface area contributed by atoms with Gasteiger partial charge in [-0.3, -0.25) is 24.4 Å². The first-order valence-corrected chi connectivity index (χ1v) is 11.4. The van der Waals surface area contributed by atoms with E-state index < -0.39 is 37.6 Å². The quantitative estimate of drug-likeness (QED) is 0.348. The van der Waals surface area contributed by atoms with Crippen LogP contribution in [0.4, 0.5) is 10.8 Å². The van der Waals surface area contributed by atoms with Crippen molar-refractivity contribution in [2.24, 2.45) is 0 Å². The topological polar surface area (TPSA) is 128 Å². The summed E-state index contributed by atoms with van der Waals surface area (Å²) in [5.41, 5.74) is 2.70. The van der Waals surface area contributed by atoms with Crippen LogP contribution in [0, 0.1) is 10.1 Å². The molecule has 0 saturated heterocycles. The number of thiazole rings is 1. The molecule has 0 bridgehead atoms. The van der Waals surface area contributed by atoms with Crippen molar-refractivity contribution in [3.63, 3.8) is 0 Å². The second kappa shape index (κ2) is 7.74. The van der Waals surface area contributed by atoms with Gasteiger partial charge < -0.3 is 0 Å². The molecule has 1 aliphatic rings. The van der Waals surface area contributed by atoms with Gasteiger partial charge in [0.25, 0.3) is 11.6 Å². The van der Waals surface area contributed by atoms with Crippen molar-refractivity contribution >= 4 is 48.4 Å². The molecule has 2 aromatic carbocycles. The Morgan fingerprint density at radius 1 is 1.27 bits per heavy atom. The Bertz CT molecular complexity index is 1230. The number of carbonyl (C=O) groups is 1. The molecule has 0 aliphatic heterocycles. The van der Waals surface area contributed by atoms with Crippen LogP contribution in [0.15, 0.2) is 41.3 Å². The number of nitrogens with one attached hydrogen (secondary N) is 1. The average molecular weight is 447 g/mol. The van der Waals surface area contributed by atoms with Crippen molar-refractivity contribution in [3.8, 4) is 0 Å². The lowest BCUT2D eigenvalue weighted by Crippen LogP contribution is -2.30. The summed E-state index contributed by atoms with van der Waals surface area (Å²) < 4.78 is 30.8. The first-order chi connectivity index (χ1) is 14.2. The van der Waals surface area contributed by atoms with E-state index in [9.17, 15) is 23.3 Å². The molecular formula is C19H17N3O6S2. The number of aromatic nitrogens is 1. The number of anilines is 1. The Hall–Kier alpha value is -2.89. The van der Waals surface area contributed by atoms with Gasteiger partial charge in [0, 0.05) is 6.07 Å². The van der Waals surface area contributed by atoms with Gasteiger partial charge in [0.15, 0.2) is 16.1 Å². The summed E-state index contributed by atoms with van der Waals surface area (Å²) in [5.74, 6) is -0.719. The van der Waals surface area contributed by atoms with Crippen LogP contribution in [0.3, 0.4) is 0 Å². The van der Waals surface area contributed by atoms with Crippen LogP contribution >= 0.6 is 11.3 Å². The molecule has 1 heterocycles. The van der Waals surface area contributed by atoms with Gasteiger partial charge in [0.1, 0.15) is 0 Å². The summed E-state index contributed by atoms with van der Waals surface area (Å²) in [6, 6.07) is 8.89. The molecule has 9 nitrogen and oxygen atoms in total. The van der Waals surface area contributed by atoms with Crippen LogP contribution in [0.2, 0.25) is 0 Å². The molecule has 0 radical (unpaired) electrons. The predicted octanol–water partition coefficient (Wildman–Crippen LogP) is 3.43. The van der Waals surface area contributed by atoms with Gasteiger partial charge in [-0.1, -0.05) is 23.5 Å². The molecule has 1 aliphatic carbocycles. The Kier molecular flexibility index (Phi) is 5.26. The lowest BCUT2D eigenvalue weighted by Gasteiger charge is -2.12. The number of hydrogen-bond donors (Lipinski definition) is 1. The van der Waals surface area contributed by atoms with E-state index in [1.165, 1.54) is 41.5 Å². The van der Waals surface area contributed by atoms with E-state index in [2.05, 4.69) is 16.4 Å². The molecule has 0 saturated carbocycles. The zero-order valence-electron chi connectivity index (χ0n) is 15.8. The highest BCUT2D eigenvalue weighted by Crippen LogP contribution is 2.32. The van der Waals surface area contributed by atoms with Crippen molar-refractivity contribution in [1.29, 1.82) is 0 Å². The molecule has 1 N–H and O–H groups in total. The van der Waals surface area contributed by atoms with Gasteiger partial charge in [-0.05, 0) is 55.5 Å². The molecular weight excluding hydrogens is 430 g/mol. The van der Waals surface area contributed by atoms with Crippen LogP contribution in [0.25, 0.3) is 10.2 Å². The third-order valence-corrected chi connectivity index (χ3v) is 7.16. The first-order valence-electron chi connectivity index (χ1n) is 9.14. The molecule has 0 fully saturated rings. The van der Waals surface area contributed by atoms with E-state index in [0.29, 0.717) is 5.13 Å². The number of hydrogen-bond acceptors (Lipinski definition) is 8. The summed E-state index contributed by atoms with van der Waals surface area (Å²) in [6.07, 6.45) is 1.75. The third-order valence-electron chi connectivity index (χ3n) is 4.80. The molecule has 156 valence electrons. The number of benzene rings is 2. The standard InChI is InChI=1S/C19H17N3O6S2/c1-11(28-30(26,27)17-8-3-2-7-15(17)22(24)25)18(23)21-19-20-14-9-12-5-4-6-13(12)10-16(14)29-19/h2-3,7-11H,4-6H2,1H3,(H,20,21,23)/t11-/m1/s1. The van der Waals surface area contributed by atoms with E-state index in [1.807, 2.05) is 6.07 Å². The number of rotatable bonds is 6. The van der Waals surface area contributed by atoms with Crippen LogP contribution < -0.4 is 5.32 Å². The van der Waals surface area contributed by atoms with Gasteiger partial charge in [-0.25, -0.2) is 4.98 Å². The number of nitrogens with zero attached hydrogens (tertiary/aromatic N) is 2. The number of fused-ring (bicyclic) bond motifs is 2. The minimum atomic E-state index is -4.52. The SMILES string of the molecule is C[C@@H](OS(=O)(=O)c1ccccc1[N+](=O)[O-])C(=O)Nc1nc2cc3c(cc2s1)CCC3. The largest absolute Gasteiger partial charge is 0.304 e. The Morgan fingerprint density at radius 3 is 2.70 bits per heavy atom. The number of nitro benzene ring substituents is 1. The Balaban J connectivity index is 1.50. The Labute approximate surface area is 176 Å². The highest BCUT2D eigenvalue weighted by molar-refractivity contribution is 7.87. The molecule has 11 heteroatoms. The van der Waals surface area contributed by atoms with Crippen LogP contribution in [0.1, 0.15) is 24.5 Å². The fraction of sp³-hybridized carbons (Fsp3) is 0.263. The van der Waals surface area contributed by atoms with E-state index in [-0.39, 0.29) is 0 Å².